The summed E-state index contributed by atoms with van der Waals surface area (Å²) < 4.78 is 16.1. The molecule has 5 heteroatoms. The van der Waals surface area contributed by atoms with Crippen molar-refractivity contribution in [2.24, 2.45) is 5.73 Å². The van der Waals surface area contributed by atoms with Crippen LogP contribution < -0.4 is 5.73 Å². The second kappa shape index (κ2) is 7.78. The standard InChI is InChI=1S/C27H19FN2O2/c28-20-12-13-21-24(15-20)30(23-11-5-10-22(25(21)23)27(29)32)16-17-6-4-9-19(14-17)26(31)18-7-2-1-3-8-18/h1-15H,16H2,(H2,29,32). The van der Waals surface area contributed by atoms with Gasteiger partial charge in [0.2, 0.25) is 5.91 Å². The predicted octanol–water partition coefficient (Wildman–Crippen LogP) is 5.31. The van der Waals surface area contributed by atoms with Crippen LogP contribution in [0.3, 0.4) is 0 Å². The van der Waals surface area contributed by atoms with Gasteiger partial charge in [-0.3, -0.25) is 9.59 Å². The number of carbonyl (C=O) groups is 2. The van der Waals surface area contributed by atoms with Crippen molar-refractivity contribution in [2.45, 2.75) is 6.54 Å². The highest BCUT2D eigenvalue weighted by molar-refractivity contribution is 6.18. The number of fused-ring (bicyclic) bond motifs is 3. The summed E-state index contributed by atoms with van der Waals surface area (Å²) in [5.74, 6) is -0.957. The molecule has 0 aliphatic carbocycles. The predicted molar refractivity (Wildman–Crippen MR) is 123 cm³/mol. The molecule has 0 bridgehead atoms. The molecule has 0 aliphatic heterocycles. The lowest BCUT2D eigenvalue weighted by atomic mass is 10.0. The Kier molecular flexibility index (Phi) is 4.79. The number of carbonyl (C=O) groups excluding carboxylic acids is 2. The van der Waals surface area contributed by atoms with Crippen LogP contribution in [0.1, 0.15) is 31.8 Å². The number of primary amides is 1. The van der Waals surface area contributed by atoms with Gasteiger partial charge in [-0.2, -0.15) is 0 Å². The summed E-state index contributed by atoms with van der Waals surface area (Å²) >= 11 is 0. The Morgan fingerprint density at radius 2 is 1.53 bits per heavy atom. The van der Waals surface area contributed by atoms with E-state index in [1.54, 1.807) is 36.4 Å². The van der Waals surface area contributed by atoms with E-state index in [0.29, 0.717) is 34.1 Å². The molecule has 2 N–H and O–H groups in total. The van der Waals surface area contributed by atoms with E-state index in [-0.39, 0.29) is 11.6 Å². The SMILES string of the molecule is NC(=O)c1cccc2c1c1ccc(F)cc1n2Cc1cccc(C(=O)c2ccccc2)c1. The molecule has 0 saturated heterocycles. The van der Waals surface area contributed by atoms with Gasteiger partial charge in [0.15, 0.2) is 5.78 Å². The first-order valence-corrected chi connectivity index (χ1v) is 10.2. The first-order chi connectivity index (χ1) is 15.5. The van der Waals surface area contributed by atoms with Crippen LogP contribution in [0.15, 0.2) is 91.0 Å². The number of benzene rings is 4. The number of halogens is 1. The Morgan fingerprint density at radius 1 is 0.781 bits per heavy atom. The van der Waals surface area contributed by atoms with Crippen molar-refractivity contribution in [2.75, 3.05) is 0 Å². The minimum absolute atomic E-state index is 0.0586. The Balaban J connectivity index is 1.65. The molecule has 0 saturated carbocycles. The topological polar surface area (TPSA) is 65.1 Å². The fourth-order valence-electron chi connectivity index (χ4n) is 4.24. The summed E-state index contributed by atoms with van der Waals surface area (Å²) in [6.45, 7) is 0.404. The average Bonchev–Trinajstić information content (AvgIpc) is 3.12. The molecular formula is C27H19FN2O2. The molecule has 1 amide bonds. The van der Waals surface area contributed by atoms with Crippen LogP contribution in [-0.4, -0.2) is 16.3 Å². The maximum Gasteiger partial charge on any atom is 0.249 e. The Labute approximate surface area is 183 Å². The lowest BCUT2D eigenvalue weighted by Crippen LogP contribution is -2.11. The van der Waals surface area contributed by atoms with Gasteiger partial charge in [0.05, 0.1) is 11.0 Å². The van der Waals surface area contributed by atoms with E-state index in [1.807, 2.05) is 47.0 Å². The van der Waals surface area contributed by atoms with Gasteiger partial charge in [-0.15, -0.1) is 0 Å². The summed E-state index contributed by atoms with van der Waals surface area (Å²) in [5.41, 5.74) is 9.54. The third-order valence-corrected chi connectivity index (χ3v) is 5.68. The van der Waals surface area contributed by atoms with Crippen molar-refractivity contribution < 1.29 is 14.0 Å². The van der Waals surface area contributed by atoms with E-state index >= 15 is 0 Å². The summed E-state index contributed by atoms with van der Waals surface area (Å²) in [6, 6.07) is 26.4. The van der Waals surface area contributed by atoms with Crippen LogP contribution in [0, 0.1) is 5.82 Å². The fraction of sp³-hybridized carbons (Fsp3) is 0.0370. The molecule has 0 aliphatic rings. The van der Waals surface area contributed by atoms with Crippen molar-refractivity contribution in [3.05, 3.63) is 119 Å². The molecule has 0 spiro atoms. The summed E-state index contributed by atoms with van der Waals surface area (Å²) in [6.07, 6.45) is 0. The fourth-order valence-corrected chi connectivity index (χ4v) is 4.24. The molecule has 32 heavy (non-hydrogen) atoms. The molecular weight excluding hydrogens is 403 g/mol. The van der Waals surface area contributed by atoms with E-state index < -0.39 is 5.91 Å². The highest BCUT2D eigenvalue weighted by Gasteiger charge is 2.17. The van der Waals surface area contributed by atoms with Crippen LogP contribution in [0.5, 0.6) is 0 Å². The van der Waals surface area contributed by atoms with Gasteiger partial charge in [-0.05, 0) is 42.0 Å². The largest absolute Gasteiger partial charge is 0.366 e. The maximum absolute atomic E-state index is 14.2. The van der Waals surface area contributed by atoms with E-state index in [9.17, 15) is 14.0 Å². The average molecular weight is 422 g/mol. The molecule has 1 aromatic heterocycles. The Morgan fingerprint density at radius 3 is 2.31 bits per heavy atom. The van der Waals surface area contributed by atoms with Crippen LogP contribution in [0.2, 0.25) is 0 Å². The van der Waals surface area contributed by atoms with Gasteiger partial charge < -0.3 is 10.3 Å². The molecule has 156 valence electrons. The number of ketones is 1. The van der Waals surface area contributed by atoms with E-state index in [2.05, 4.69) is 0 Å². The van der Waals surface area contributed by atoms with Crippen molar-refractivity contribution in [3.63, 3.8) is 0 Å². The minimum Gasteiger partial charge on any atom is -0.366 e. The third-order valence-electron chi connectivity index (χ3n) is 5.68. The van der Waals surface area contributed by atoms with Gasteiger partial charge in [0.25, 0.3) is 0 Å². The van der Waals surface area contributed by atoms with Crippen molar-refractivity contribution >= 4 is 33.5 Å². The smallest absolute Gasteiger partial charge is 0.249 e. The van der Waals surface area contributed by atoms with Gasteiger partial charge >= 0.3 is 0 Å². The number of hydrogen-bond donors (Lipinski definition) is 1. The second-order valence-corrected chi connectivity index (χ2v) is 7.71. The molecule has 0 fully saturated rings. The van der Waals surface area contributed by atoms with E-state index in [4.69, 9.17) is 5.73 Å². The normalized spacial score (nSPS) is 11.2. The summed E-state index contributed by atoms with van der Waals surface area (Å²) in [5, 5.41) is 1.46. The van der Waals surface area contributed by atoms with Gasteiger partial charge in [0.1, 0.15) is 5.82 Å². The molecule has 1 heterocycles. The second-order valence-electron chi connectivity index (χ2n) is 7.71. The minimum atomic E-state index is -0.533. The van der Waals surface area contributed by atoms with Crippen LogP contribution in [-0.2, 0) is 6.54 Å². The van der Waals surface area contributed by atoms with Crippen molar-refractivity contribution in [3.8, 4) is 0 Å². The summed E-state index contributed by atoms with van der Waals surface area (Å²) in [4.78, 5) is 24.9. The van der Waals surface area contributed by atoms with Crippen molar-refractivity contribution in [1.29, 1.82) is 0 Å². The number of nitrogens with zero attached hydrogens (tertiary/aromatic N) is 1. The molecule has 5 aromatic rings. The lowest BCUT2D eigenvalue weighted by molar-refractivity contribution is 0.1000. The number of rotatable bonds is 5. The zero-order valence-corrected chi connectivity index (χ0v) is 17.1. The van der Waals surface area contributed by atoms with Crippen molar-refractivity contribution in [1.82, 2.24) is 4.57 Å². The molecule has 0 unspecified atom stereocenters. The number of aromatic nitrogens is 1. The van der Waals surface area contributed by atoms with Crippen LogP contribution >= 0.6 is 0 Å². The molecule has 0 radical (unpaired) electrons. The van der Waals surface area contributed by atoms with Gasteiger partial charge in [0, 0.05) is 34.0 Å². The van der Waals surface area contributed by atoms with E-state index in [0.717, 1.165) is 16.5 Å². The number of nitrogens with two attached hydrogens (primary N) is 1. The third kappa shape index (κ3) is 3.34. The highest BCUT2D eigenvalue weighted by atomic mass is 19.1. The number of hydrogen-bond acceptors (Lipinski definition) is 2. The molecule has 4 nitrogen and oxygen atoms in total. The molecule has 4 aromatic carbocycles. The van der Waals surface area contributed by atoms with Crippen LogP contribution in [0.25, 0.3) is 21.8 Å². The molecule has 0 atom stereocenters. The monoisotopic (exact) mass is 422 g/mol. The molecule has 5 rings (SSSR count). The summed E-state index contributed by atoms with van der Waals surface area (Å²) in [7, 11) is 0. The van der Waals surface area contributed by atoms with E-state index in [1.165, 1.54) is 12.1 Å². The quantitative estimate of drug-likeness (QED) is 0.390. The first kappa shape index (κ1) is 19.7. The van der Waals surface area contributed by atoms with Gasteiger partial charge in [-0.1, -0.05) is 54.6 Å². The van der Waals surface area contributed by atoms with Gasteiger partial charge in [-0.25, -0.2) is 4.39 Å². The Bertz CT molecular complexity index is 1500. The zero-order chi connectivity index (χ0) is 22.2. The number of amides is 1. The zero-order valence-electron chi connectivity index (χ0n) is 17.1. The Hall–Kier alpha value is -4.25. The van der Waals surface area contributed by atoms with Crippen LogP contribution in [0.4, 0.5) is 4.39 Å². The first-order valence-electron chi connectivity index (χ1n) is 10.2. The maximum atomic E-state index is 14.2. The highest BCUT2D eigenvalue weighted by Crippen LogP contribution is 2.33. The lowest BCUT2D eigenvalue weighted by Gasteiger charge is -2.10.